The van der Waals surface area contributed by atoms with Gasteiger partial charge >= 0.3 is 0 Å². The van der Waals surface area contributed by atoms with Crippen LogP contribution < -0.4 is 9.47 Å². The van der Waals surface area contributed by atoms with Gasteiger partial charge in [0.15, 0.2) is 11.5 Å². The molecule has 0 radical (unpaired) electrons. The molecule has 0 atom stereocenters. The second-order valence-electron chi connectivity index (χ2n) is 8.63. The Kier molecular flexibility index (Phi) is 7.07. The normalized spacial score (nSPS) is 14.6. The van der Waals surface area contributed by atoms with Crippen LogP contribution in [0.25, 0.3) is 16.8 Å². The molecule has 1 fully saturated rings. The van der Waals surface area contributed by atoms with Crippen molar-refractivity contribution in [3.63, 3.8) is 0 Å². The summed E-state index contributed by atoms with van der Waals surface area (Å²) in [4.78, 5) is 15.3. The first-order chi connectivity index (χ1) is 17.5. The Morgan fingerprint density at radius 2 is 1.64 bits per heavy atom. The first-order valence-electron chi connectivity index (χ1n) is 11.6. The van der Waals surface area contributed by atoms with Crippen molar-refractivity contribution in [3.05, 3.63) is 112 Å². The Hall–Kier alpha value is -3.61. The molecule has 180 valence electrons. The molecule has 4 aromatic carbocycles. The number of thioether (sulfide) groups is 1. The fourth-order valence-electron chi connectivity index (χ4n) is 4.05. The molecule has 1 heterocycles. The maximum Gasteiger partial charge on any atom is 0.266 e. The fraction of sp³-hybridized carbons (Fsp3) is 0.133. The highest BCUT2D eigenvalue weighted by molar-refractivity contribution is 8.26. The Bertz CT molecular complexity index is 1480. The minimum Gasteiger partial charge on any atom is -0.493 e. The van der Waals surface area contributed by atoms with E-state index in [0.717, 1.165) is 16.7 Å². The molecule has 6 heteroatoms. The highest BCUT2D eigenvalue weighted by atomic mass is 32.2. The van der Waals surface area contributed by atoms with Crippen molar-refractivity contribution in [1.82, 2.24) is 4.90 Å². The van der Waals surface area contributed by atoms with Crippen LogP contribution in [0.5, 0.6) is 11.5 Å². The van der Waals surface area contributed by atoms with Gasteiger partial charge in [0.1, 0.15) is 10.9 Å². The molecule has 0 N–H and O–H groups in total. The maximum absolute atomic E-state index is 13.1. The van der Waals surface area contributed by atoms with E-state index in [1.54, 1.807) is 12.0 Å². The topological polar surface area (TPSA) is 38.8 Å². The number of carbonyl (C=O) groups excluding carboxylic acids is 1. The molecular formula is C30H25NO3S2. The molecule has 36 heavy (non-hydrogen) atoms. The fourth-order valence-corrected chi connectivity index (χ4v) is 5.30. The van der Waals surface area contributed by atoms with E-state index >= 15 is 0 Å². The summed E-state index contributed by atoms with van der Waals surface area (Å²) in [6.07, 6.45) is 1.85. The molecule has 0 unspecified atom stereocenters. The first kappa shape index (κ1) is 24.1. The third-order valence-electron chi connectivity index (χ3n) is 6.03. The molecule has 5 rings (SSSR count). The average Bonchev–Trinajstić information content (AvgIpc) is 3.16. The summed E-state index contributed by atoms with van der Waals surface area (Å²) < 4.78 is 12.2. The van der Waals surface area contributed by atoms with E-state index in [1.807, 2.05) is 67.6 Å². The number of amides is 1. The van der Waals surface area contributed by atoms with E-state index in [4.69, 9.17) is 21.7 Å². The lowest BCUT2D eigenvalue weighted by molar-refractivity contribution is -0.122. The Morgan fingerprint density at radius 1 is 0.889 bits per heavy atom. The summed E-state index contributed by atoms with van der Waals surface area (Å²) in [6, 6.07) is 28.4. The number of nitrogens with zero attached hydrogens (tertiary/aromatic N) is 1. The van der Waals surface area contributed by atoms with Crippen LogP contribution in [0.4, 0.5) is 0 Å². The van der Waals surface area contributed by atoms with Crippen molar-refractivity contribution < 1.29 is 14.3 Å². The van der Waals surface area contributed by atoms with E-state index in [2.05, 4.69) is 30.3 Å². The molecule has 1 saturated heterocycles. The number of hydrogen-bond acceptors (Lipinski definition) is 5. The molecule has 1 aliphatic rings. The second kappa shape index (κ2) is 10.6. The van der Waals surface area contributed by atoms with Crippen LogP contribution in [0.3, 0.4) is 0 Å². The standard InChI is InChI=1S/C30H25NO3S2/c1-20-7-9-21(10-8-20)18-31-29(32)28(36-30(31)35)17-22-12-14-26(27(16-22)33-2)34-19-23-11-13-24-5-3-4-6-25(24)15-23/h3-17H,18-19H2,1-2H3. The molecule has 0 spiro atoms. The van der Waals surface area contributed by atoms with E-state index < -0.39 is 0 Å². The second-order valence-corrected chi connectivity index (χ2v) is 10.3. The lowest BCUT2D eigenvalue weighted by Crippen LogP contribution is -2.27. The van der Waals surface area contributed by atoms with E-state index in [-0.39, 0.29) is 5.91 Å². The van der Waals surface area contributed by atoms with Crippen LogP contribution >= 0.6 is 24.0 Å². The summed E-state index contributed by atoms with van der Waals surface area (Å²) in [7, 11) is 1.61. The van der Waals surface area contributed by atoms with Crippen molar-refractivity contribution in [1.29, 1.82) is 0 Å². The molecule has 4 nitrogen and oxygen atoms in total. The Labute approximate surface area is 220 Å². The highest BCUT2D eigenvalue weighted by Gasteiger charge is 2.32. The monoisotopic (exact) mass is 511 g/mol. The van der Waals surface area contributed by atoms with Gasteiger partial charge in [0.25, 0.3) is 5.91 Å². The predicted octanol–water partition coefficient (Wildman–Crippen LogP) is 7.14. The van der Waals surface area contributed by atoms with Gasteiger partial charge in [0.05, 0.1) is 18.6 Å². The smallest absolute Gasteiger partial charge is 0.266 e. The molecule has 1 aliphatic heterocycles. The summed E-state index contributed by atoms with van der Waals surface area (Å²) in [5.41, 5.74) is 4.16. The minimum atomic E-state index is -0.0822. The molecule has 0 aliphatic carbocycles. The number of fused-ring (bicyclic) bond motifs is 1. The van der Waals surface area contributed by atoms with Crippen LogP contribution in [-0.2, 0) is 17.9 Å². The van der Waals surface area contributed by atoms with Gasteiger partial charge < -0.3 is 9.47 Å². The molecule has 0 bridgehead atoms. The SMILES string of the molecule is COc1cc(C=C2SC(=S)N(Cc3ccc(C)cc3)C2=O)ccc1OCc1ccc2ccccc2c1. The van der Waals surface area contributed by atoms with Gasteiger partial charge in [-0.15, -0.1) is 0 Å². The molecule has 4 aromatic rings. The van der Waals surface area contributed by atoms with Gasteiger partial charge in [-0.1, -0.05) is 96.3 Å². The molecule has 1 amide bonds. The minimum absolute atomic E-state index is 0.0822. The third kappa shape index (κ3) is 5.30. The van der Waals surface area contributed by atoms with Crippen molar-refractivity contribution in [2.45, 2.75) is 20.1 Å². The number of hydrogen-bond donors (Lipinski definition) is 0. The van der Waals surface area contributed by atoms with Crippen LogP contribution in [0.2, 0.25) is 0 Å². The Balaban J connectivity index is 1.29. The van der Waals surface area contributed by atoms with Crippen molar-refractivity contribution in [2.75, 3.05) is 7.11 Å². The van der Waals surface area contributed by atoms with Gasteiger partial charge in [0, 0.05) is 0 Å². The summed E-state index contributed by atoms with van der Waals surface area (Å²) in [5.74, 6) is 1.18. The van der Waals surface area contributed by atoms with Crippen molar-refractivity contribution >= 4 is 51.1 Å². The summed E-state index contributed by atoms with van der Waals surface area (Å²) in [6.45, 7) is 2.94. The number of methoxy groups -OCH3 is 1. The van der Waals surface area contributed by atoms with E-state index in [1.165, 1.54) is 28.1 Å². The first-order valence-corrected chi connectivity index (χ1v) is 12.8. The van der Waals surface area contributed by atoms with Crippen molar-refractivity contribution in [3.8, 4) is 11.5 Å². The predicted molar refractivity (Wildman–Crippen MR) is 151 cm³/mol. The quantitative estimate of drug-likeness (QED) is 0.195. The maximum atomic E-state index is 13.1. The van der Waals surface area contributed by atoms with Gasteiger partial charge in [-0.25, -0.2) is 0 Å². The van der Waals surface area contributed by atoms with Crippen LogP contribution in [0, 0.1) is 6.92 Å². The number of thiocarbonyl (C=S) groups is 1. The lowest BCUT2D eigenvalue weighted by Gasteiger charge is -2.14. The van der Waals surface area contributed by atoms with Crippen LogP contribution in [0.1, 0.15) is 22.3 Å². The summed E-state index contributed by atoms with van der Waals surface area (Å²) in [5, 5.41) is 2.38. The van der Waals surface area contributed by atoms with E-state index in [9.17, 15) is 4.79 Å². The van der Waals surface area contributed by atoms with Gasteiger partial charge in [-0.05, 0) is 58.7 Å². The van der Waals surface area contributed by atoms with Gasteiger partial charge in [0.2, 0.25) is 0 Å². The lowest BCUT2D eigenvalue weighted by atomic mass is 10.1. The number of ether oxygens (including phenoxy) is 2. The third-order valence-corrected chi connectivity index (χ3v) is 7.41. The number of rotatable bonds is 7. The zero-order chi connectivity index (χ0) is 25.1. The number of aryl methyl sites for hydroxylation is 1. The van der Waals surface area contributed by atoms with Crippen LogP contribution in [0.15, 0.2) is 89.8 Å². The largest absolute Gasteiger partial charge is 0.493 e. The van der Waals surface area contributed by atoms with Crippen LogP contribution in [-0.4, -0.2) is 22.2 Å². The zero-order valence-electron chi connectivity index (χ0n) is 20.1. The van der Waals surface area contributed by atoms with E-state index in [0.29, 0.717) is 33.9 Å². The number of benzene rings is 4. The summed E-state index contributed by atoms with van der Waals surface area (Å²) >= 11 is 6.82. The molecule has 0 aromatic heterocycles. The molecular weight excluding hydrogens is 486 g/mol. The highest BCUT2D eigenvalue weighted by Crippen LogP contribution is 2.35. The van der Waals surface area contributed by atoms with Gasteiger partial charge in [-0.3, -0.25) is 9.69 Å². The van der Waals surface area contributed by atoms with Gasteiger partial charge in [-0.2, -0.15) is 0 Å². The average molecular weight is 512 g/mol. The Morgan fingerprint density at radius 3 is 2.42 bits per heavy atom. The molecule has 0 saturated carbocycles. The number of carbonyl (C=O) groups is 1. The van der Waals surface area contributed by atoms with Crippen molar-refractivity contribution in [2.24, 2.45) is 0 Å². The zero-order valence-corrected chi connectivity index (χ0v) is 21.7.